The van der Waals surface area contributed by atoms with Gasteiger partial charge in [-0.25, -0.2) is 0 Å². The van der Waals surface area contributed by atoms with Crippen LogP contribution in [0.4, 0.5) is 0 Å². The van der Waals surface area contributed by atoms with Crippen molar-refractivity contribution in [3.8, 4) is 0 Å². The molecule has 1 N–H and O–H groups in total. The SMILES string of the molecule is C=C(C1=CC=C(O)CC1)C(C)C. The number of aliphatic hydroxyl groups is 1. The maximum absolute atomic E-state index is 9.13. The fourth-order valence-corrected chi connectivity index (χ4v) is 1.26. The highest BCUT2D eigenvalue weighted by Crippen LogP contribution is 2.26. The standard InChI is InChI=1S/C11H16O/c1-8(2)9(3)10-4-6-11(12)7-5-10/h4,6,8,12H,3,5,7H2,1-2H3. The monoisotopic (exact) mass is 164 g/mol. The lowest BCUT2D eigenvalue weighted by atomic mass is 9.91. The molecule has 0 amide bonds. The Morgan fingerprint density at radius 1 is 1.42 bits per heavy atom. The summed E-state index contributed by atoms with van der Waals surface area (Å²) >= 11 is 0. The van der Waals surface area contributed by atoms with Gasteiger partial charge in [-0.05, 0) is 29.6 Å². The minimum absolute atomic E-state index is 0.482. The van der Waals surface area contributed by atoms with Gasteiger partial charge in [0.1, 0.15) is 0 Å². The van der Waals surface area contributed by atoms with Crippen LogP contribution in [0, 0.1) is 5.92 Å². The third-order valence-corrected chi connectivity index (χ3v) is 2.24. The number of hydrogen-bond donors (Lipinski definition) is 1. The largest absolute Gasteiger partial charge is 0.512 e. The minimum atomic E-state index is 0.482. The van der Waals surface area contributed by atoms with E-state index in [1.165, 1.54) is 11.1 Å². The van der Waals surface area contributed by atoms with Gasteiger partial charge in [0.2, 0.25) is 0 Å². The van der Waals surface area contributed by atoms with Crippen molar-refractivity contribution in [2.75, 3.05) is 0 Å². The summed E-state index contributed by atoms with van der Waals surface area (Å²) in [7, 11) is 0. The molecule has 0 aromatic carbocycles. The Kier molecular flexibility index (Phi) is 2.74. The van der Waals surface area contributed by atoms with E-state index in [0.717, 1.165) is 12.8 Å². The lowest BCUT2D eigenvalue weighted by molar-refractivity contribution is 0.385. The van der Waals surface area contributed by atoms with Crippen molar-refractivity contribution in [2.24, 2.45) is 5.92 Å². The average molecular weight is 164 g/mol. The van der Waals surface area contributed by atoms with Gasteiger partial charge in [0, 0.05) is 6.42 Å². The van der Waals surface area contributed by atoms with Crippen LogP contribution in [0.15, 0.2) is 35.6 Å². The van der Waals surface area contributed by atoms with Gasteiger partial charge in [0.15, 0.2) is 0 Å². The van der Waals surface area contributed by atoms with E-state index < -0.39 is 0 Å². The van der Waals surface area contributed by atoms with Gasteiger partial charge in [-0.1, -0.05) is 26.5 Å². The summed E-state index contributed by atoms with van der Waals surface area (Å²) in [4.78, 5) is 0. The van der Waals surface area contributed by atoms with E-state index in [1.54, 1.807) is 6.08 Å². The highest BCUT2D eigenvalue weighted by Gasteiger charge is 2.10. The minimum Gasteiger partial charge on any atom is -0.512 e. The zero-order valence-corrected chi connectivity index (χ0v) is 7.80. The van der Waals surface area contributed by atoms with E-state index in [1.807, 2.05) is 6.08 Å². The zero-order valence-electron chi connectivity index (χ0n) is 7.80. The quantitative estimate of drug-likeness (QED) is 0.663. The van der Waals surface area contributed by atoms with Gasteiger partial charge in [-0.15, -0.1) is 0 Å². The second kappa shape index (κ2) is 3.61. The molecular formula is C11H16O. The Morgan fingerprint density at radius 3 is 2.50 bits per heavy atom. The molecule has 1 aliphatic carbocycles. The van der Waals surface area contributed by atoms with E-state index in [0.29, 0.717) is 11.7 Å². The molecule has 1 aliphatic rings. The molecule has 0 saturated heterocycles. The molecule has 0 aromatic heterocycles. The third kappa shape index (κ3) is 2.00. The summed E-state index contributed by atoms with van der Waals surface area (Å²) < 4.78 is 0. The summed E-state index contributed by atoms with van der Waals surface area (Å²) in [6.07, 6.45) is 5.44. The van der Waals surface area contributed by atoms with E-state index in [2.05, 4.69) is 20.4 Å². The van der Waals surface area contributed by atoms with Crippen LogP contribution in [0.2, 0.25) is 0 Å². The van der Waals surface area contributed by atoms with Crippen molar-refractivity contribution in [1.82, 2.24) is 0 Å². The second-order valence-electron chi connectivity index (χ2n) is 3.53. The number of allylic oxidation sites excluding steroid dienone is 5. The molecule has 0 saturated carbocycles. The predicted molar refractivity (Wildman–Crippen MR) is 52.0 cm³/mol. The van der Waals surface area contributed by atoms with E-state index in [4.69, 9.17) is 5.11 Å². The molecule has 0 radical (unpaired) electrons. The van der Waals surface area contributed by atoms with Crippen molar-refractivity contribution < 1.29 is 5.11 Å². The first-order valence-electron chi connectivity index (χ1n) is 4.39. The van der Waals surface area contributed by atoms with Crippen LogP contribution in [0.1, 0.15) is 26.7 Å². The number of hydrogen-bond acceptors (Lipinski definition) is 1. The maximum atomic E-state index is 9.13. The smallest absolute Gasteiger partial charge is 0.0926 e. The fourth-order valence-electron chi connectivity index (χ4n) is 1.26. The Morgan fingerprint density at radius 2 is 2.08 bits per heavy atom. The molecule has 66 valence electrons. The Labute approximate surface area is 74.1 Å². The van der Waals surface area contributed by atoms with Crippen LogP contribution in [-0.2, 0) is 0 Å². The van der Waals surface area contributed by atoms with Gasteiger partial charge in [0.05, 0.1) is 5.76 Å². The first-order valence-corrected chi connectivity index (χ1v) is 4.39. The van der Waals surface area contributed by atoms with E-state index in [-0.39, 0.29) is 0 Å². The van der Waals surface area contributed by atoms with Crippen LogP contribution in [-0.4, -0.2) is 5.11 Å². The van der Waals surface area contributed by atoms with Gasteiger partial charge in [-0.3, -0.25) is 0 Å². The first kappa shape index (κ1) is 9.11. The molecular weight excluding hydrogens is 148 g/mol. The van der Waals surface area contributed by atoms with Gasteiger partial charge in [-0.2, -0.15) is 0 Å². The Bertz CT molecular complexity index is 244. The molecule has 1 rings (SSSR count). The van der Waals surface area contributed by atoms with Crippen molar-refractivity contribution in [3.63, 3.8) is 0 Å². The average Bonchev–Trinajstić information content (AvgIpc) is 2.04. The van der Waals surface area contributed by atoms with Crippen molar-refractivity contribution >= 4 is 0 Å². The highest BCUT2D eigenvalue weighted by atomic mass is 16.3. The first-order chi connectivity index (χ1) is 5.61. The van der Waals surface area contributed by atoms with Crippen LogP contribution >= 0.6 is 0 Å². The fraction of sp³-hybridized carbons (Fsp3) is 0.455. The molecule has 0 aliphatic heterocycles. The molecule has 1 heteroatoms. The highest BCUT2D eigenvalue weighted by molar-refractivity contribution is 5.35. The molecule has 0 heterocycles. The second-order valence-corrected chi connectivity index (χ2v) is 3.53. The number of rotatable bonds is 2. The zero-order chi connectivity index (χ0) is 9.14. The van der Waals surface area contributed by atoms with Gasteiger partial charge < -0.3 is 5.11 Å². The molecule has 12 heavy (non-hydrogen) atoms. The van der Waals surface area contributed by atoms with Crippen LogP contribution in [0.25, 0.3) is 0 Å². The van der Waals surface area contributed by atoms with Crippen LogP contribution in [0.3, 0.4) is 0 Å². The summed E-state index contributed by atoms with van der Waals surface area (Å²) in [5.74, 6) is 0.986. The van der Waals surface area contributed by atoms with Crippen molar-refractivity contribution in [3.05, 3.63) is 35.6 Å². The molecule has 0 unspecified atom stereocenters. The molecule has 0 aromatic rings. The van der Waals surface area contributed by atoms with Gasteiger partial charge >= 0.3 is 0 Å². The number of aliphatic hydroxyl groups excluding tert-OH is 1. The summed E-state index contributed by atoms with van der Waals surface area (Å²) in [5.41, 5.74) is 2.47. The Hall–Kier alpha value is -0.980. The summed E-state index contributed by atoms with van der Waals surface area (Å²) in [6.45, 7) is 8.30. The Balaban J connectivity index is 2.72. The van der Waals surface area contributed by atoms with Crippen LogP contribution < -0.4 is 0 Å². The predicted octanol–water partition coefficient (Wildman–Crippen LogP) is 3.36. The van der Waals surface area contributed by atoms with Crippen LogP contribution in [0.5, 0.6) is 0 Å². The summed E-state index contributed by atoms with van der Waals surface area (Å²) in [5, 5.41) is 9.13. The van der Waals surface area contributed by atoms with Gasteiger partial charge in [0.25, 0.3) is 0 Å². The van der Waals surface area contributed by atoms with E-state index in [9.17, 15) is 0 Å². The topological polar surface area (TPSA) is 20.2 Å². The van der Waals surface area contributed by atoms with Crippen molar-refractivity contribution in [1.29, 1.82) is 0 Å². The van der Waals surface area contributed by atoms with E-state index >= 15 is 0 Å². The normalized spacial score (nSPS) is 17.2. The maximum Gasteiger partial charge on any atom is 0.0926 e. The molecule has 0 spiro atoms. The molecule has 0 atom stereocenters. The molecule has 0 bridgehead atoms. The lowest BCUT2D eigenvalue weighted by Gasteiger charge is -2.16. The molecule has 1 nitrogen and oxygen atoms in total. The summed E-state index contributed by atoms with van der Waals surface area (Å²) in [6, 6.07) is 0. The lowest BCUT2D eigenvalue weighted by Crippen LogP contribution is -2.00. The third-order valence-electron chi connectivity index (χ3n) is 2.24. The van der Waals surface area contributed by atoms with Crippen molar-refractivity contribution in [2.45, 2.75) is 26.7 Å². The molecule has 0 fully saturated rings.